The number of rotatable bonds is 4. The smallest absolute Gasteiger partial charge is 0.238 e. The van der Waals surface area contributed by atoms with Gasteiger partial charge in [-0.2, -0.15) is 0 Å². The lowest BCUT2D eigenvalue weighted by molar-refractivity contribution is -0.123. The number of hydrogen-bond donors (Lipinski definition) is 2. The van der Waals surface area contributed by atoms with Crippen molar-refractivity contribution in [1.82, 2.24) is 10.6 Å². The summed E-state index contributed by atoms with van der Waals surface area (Å²) in [6.07, 6.45) is 0.512. The van der Waals surface area contributed by atoms with E-state index in [4.69, 9.17) is 0 Å². The maximum absolute atomic E-state index is 13.5. The SMILES string of the molecule is CC(Cc1ccccc1F)NC(=O)C1CSCN1. The minimum atomic E-state index is -0.215. The molecule has 0 aromatic heterocycles. The van der Waals surface area contributed by atoms with Gasteiger partial charge in [-0.1, -0.05) is 18.2 Å². The van der Waals surface area contributed by atoms with E-state index in [9.17, 15) is 9.18 Å². The second-order valence-corrected chi connectivity index (χ2v) is 5.51. The van der Waals surface area contributed by atoms with Crippen LogP contribution in [0, 0.1) is 5.82 Å². The van der Waals surface area contributed by atoms with Crippen LogP contribution in [0.3, 0.4) is 0 Å². The van der Waals surface area contributed by atoms with Crippen LogP contribution in [0.4, 0.5) is 4.39 Å². The van der Waals surface area contributed by atoms with Crippen LogP contribution in [0.2, 0.25) is 0 Å². The summed E-state index contributed by atoms with van der Waals surface area (Å²) in [6, 6.07) is 6.49. The molecule has 0 saturated carbocycles. The maximum atomic E-state index is 13.5. The van der Waals surface area contributed by atoms with Crippen LogP contribution >= 0.6 is 11.8 Å². The number of hydrogen-bond acceptors (Lipinski definition) is 3. The first-order chi connectivity index (χ1) is 8.66. The summed E-state index contributed by atoms with van der Waals surface area (Å²) in [6.45, 7) is 1.90. The molecule has 18 heavy (non-hydrogen) atoms. The standard InChI is InChI=1S/C13H17FN2OS/c1-9(6-10-4-2-3-5-11(10)14)16-13(17)12-7-18-8-15-12/h2-5,9,12,15H,6-8H2,1H3,(H,16,17). The van der Waals surface area contributed by atoms with Gasteiger partial charge in [0.15, 0.2) is 0 Å². The van der Waals surface area contributed by atoms with Gasteiger partial charge in [0.1, 0.15) is 5.82 Å². The number of halogens is 1. The highest BCUT2D eigenvalue weighted by atomic mass is 32.2. The van der Waals surface area contributed by atoms with Crippen molar-refractivity contribution in [3.05, 3.63) is 35.6 Å². The molecule has 1 aromatic carbocycles. The van der Waals surface area contributed by atoms with Crippen LogP contribution in [-0.2, 0) is 11.2 Å². The van der Waals surface area contributed by atoms with Gasteiger partial charge in [-0.25, -0.2) is 4.39 Å². The third-order valence-electron chi connectivity index (χ3n) is 2.91. The van der Waals surface area contributed by atoms with Crippen molar-refractivity contribution >= 4 is 17.7 Å². The Hall–Kier alpha value is -1.07. The fourth-order valence-electron chi connectivity index (χ4n) is 1.95. The summed E-state index contributed by atoms with van der Waals surface area (Å²) in [5, 5.41) is 6.03. The van der Waals surface area contributed by atoms with E-state index >= 15 is 0 Å². The number of amides is 1. The molecular formula is C13H17FN2OS. The maximum Gasteiger partial charge on any atom is 0.238 e. The van der Waals surface area contributed by atoms with Gasteiger partial charge in [-0.05, 0) is 25.0 Å². The topological polar surface area (TPSA) is 41.1 Å². The van der Waals surface area contributed by atoms with Gasteiger partial charge in [-0.3, -0.25) is 10.1 Å². The number of thioether (sulfide) groups is 1. The van der Waals surface area contributed by atoms with Gasteiger partial charge in [0.05, 0.1) is 6.04 Å². The molecule has 98 valence electrons. The Kier molecular flexibility index (Phi) is 4.60. The Morgan fingerprint density at radius 3 is 3.06 bits per heavy atom. The van der Waals surface area contributed by atoms with Crippen LogP contribution in [0.1, 0.15) is 12.5 Å². The van der Waals surface area contributed by atoms with Crippen molar-refractivity contribution in [2.24, 2.45) is 0 Å². The van der Waals surface area contributed by atoms with Gasteiger partial charge in [0, 0.05) is 17.7 Å². The van der Waals surface area contributed by atoms with E-state index in [1.165, 1.54) is 6.07 Å². The number of nitrogens with one attached hydrogen (secondary N) is 2. The molecule has 0 bridgehead atoms. The highest BCUT2D eigenvalue weighted by Crippen LogP contribution is 2.11. The first-order valence-electron chi connectivity index (χ1n) is 6.01. The Morgan fingerprint density at radius 1 is 1.61 bits per heavy atom. The predicted molar refractivity (Wildman–Crippen MR) is 72.0 cm³/mol. The summed E-state index contributed by atoms with van der Waals surface area (Å²) in [5.41, 5.74) is 0.638. The van der Waals surface area contributed by atoms with Crippen molar-refractivity contribution < 1.29 is 9.18 Å². The highest BCUT2D eigenvalue weighted by Gasteiger charge is 2.23. The molecule has 2 rings (SSSR count). The van der Waals surface area contributed by atoms with Crippen LogP contribution in [0.15, 0.2) is 24.3 Å². The molecule has 3 nitrogen and oxygen atoms in total. The van der Waals surface area contributed by atoms with Crippen molar-refractivity contribution in [3.8, 4) is 0 Å². The molecule has 2 atom stereocenters. The minimum absolute atomic E-state index is 0.00355. The molecule has 1 aromatic rings. The third kappa shape index (κ3) is 3.46. The van der Waals surface area contributed by atoms with Gasteiger partial charge in [-0.15, -0.1) is 11.8 Å². The van der Waals surface area contributed by atoms with Crippen LogP contribution in [0.5, 0.6) is 0 Å². The van der Waals surface area contributed by atoms with Crippen molar-refractivity contribution in [2.45, 2.75) is 25.4 Å². The zero-order valence-corrected chi connectivity index (χ0v) is 11.1. The average Bonchev–Trinajstić information content (AvgIpc) is 2.85. The Morgan fingerprint density at radius 2 is 2.39 bits per heavy atom. The van der Waals surface area contributed by atoms with E-state index in [-0.39, 0.29) is 23.8 Å². The molecule has 2 unspecified atom stereocenters. The Labute approximate surface area is 111 Å². The Bertz CT molecular complexity index is 421. The number of carbonyl (C=O) groups excluding carboxylic acids is 1. The fraction of sp³-hybridized carbons (Fsp3) is 0.462. The van der Waals surface area contributed by atoms with E-state index in [0.717, 1.165) is 11.6 Å². The lowest BCUT2D eigenvalue weighted by Gasteiger charge is -2.17. The lowest BCUT2D eigenvalue weighted by atomic mass is 10.1. The zero-order chi connectivity index (χ0) is 13.0. The molecule has 1 aliphatic heterocycles. The summed E-state index contributed by atoms with van der Waals surface area (Å²) in [4.78, 5) is 11.9. The third-order valence-corrected chi connectivity index (χ3v) is 3.85. The van der Waals surface area contributed by atoms with E-state index < -0.39 is 0 Å². The number of carbonyl (C=O) groups is 1. The van der Waals surface area contributed by atoms with E-state index in [1.54, 1.807) is 23.9 Å². The van der Waals surface area contributed by atoms with Crippen molar-refractivity contribution in [2.75, 3.05) is 11.6 Å². The molecule has 1 saturated heterocycles. The molecular weight excluding hydrogens is 251 g/mol. The van der Waals surface area contributed by atoms with Crippen molar-refractivity contribution in [1.29, 1.82) is 0 Å². The average molecular weight is 268 g/mol. The normalized spacial score (nSPS) is 20.7. The second-order valence-electron chi connectivity index (χ2n) is 4.48. The van der Waals surface area contributed by atoms with E-state index in [1.807, 2.05) is 13.0 Å². The molecule has 0 aliphatic carbocycles. The van der Waals surface area contributed by atoms with Gasteiger partial charge >= 0.3 is 0 Å². The molecule has 0 radical (unpaired) electrons. The zero-order valence-electron chi connectivity index (χ0n) is 10.3. The first-order valence-corrected chi connectivity index (χ1v) is 7.17. The largest absolute Gasteiger partial charge is 0.352 e. The van der Waals surface area contributed by atoms with Crippen LogP contribution in [0.25, 0.3) is 0 Å². The summed E-state index contributed by atoms with van der Waals surface area (Å²) >= 11 is 1.71. The highest BCUT2D eigenvalue weighted by molar-refractivity contribution is 7.99. The summed E-state index contributed by atoms with van der Waals surface area (Å²) in [7, 11) is 0. The second kappa shape index (κ2) is 6.20. The number of benzene rings is 1. The van der Waals surface area contributed by atoms with Crippen LogP contribution in [-0.4, -0.2) is 29.6 Å². The van der Waals surface area contributed by atoms with Gasteiger partial charge in [0.2, 0.25) is 5.91 Å². The van der Waals surface area contributed by atoms with E-state index in [2.05, 4.69) is 10.6 Å². The molecule has 2 N–H and O–H groups in total. The lowest BCUT2D eigenvalue weighted by Crippen LogP contribution is -2.46. The molecule has 1 heterocycles. The van der Waals surface area contributed by atoms with E-state index in [0.29, 0.717) is 12.0 Å². The molecule has 0 spiro atoms. The van der Waals surface area contributed by atoms with Gasteiger partial charge < -0.3 is 5.32 Å². The fourth-order valence-corrected chi connectivity index (χ4v) is 2.89. The van der Waals surface area contributed by atoms with Crippen molar-refractivity contribution in [3.63, 3.8) is 0 Å². The van der Waals surface area contributed by atoms with Crippen LogP contribution < -0.4 is 10.6 Å². The minimum Gasteiger partial charge on any atom is -0.352 e. The molecule has 5 heteroatoms. The monoisotopic (exact) mass is 268 g/mol. The predicted octanol–water partition coefficient (Wildman–Crippen LogP) is 1.54. The van der Waals surface area contributed by atoms with Gasteiger partial charge in [0.25, 0.3) is 0 Å². The molecule has 1 fully saturated rings. The summed E-state index contributed by atoms with van der Waals surface area (Å²) in [5.74, 6) is 1.41. The summed E-state index contributed by atoms with van der Waals surface area (Å²) < 4.78 is 13.5. The quantitative estimate of drug-likeness (QED) is 0.870. The Balaban J connectivity index is 1.86. The molecule has 1 aliphatic rings. The first kappa shape index (κ1) is 13.4. The molecule has 1 amide bonds.